The summed E-state index contributed by atoms with van der Waals surface area (Å²) in [6, 6.07) is 10.3. The normalized spacial score (nSPS) is 10.3. The predicted octanol–water partition coefficient (Wildman–Crippen LogP) is 2.09. The molecule has 0 aliphatic rings. The van der Waals surface area contributed by atoms with Crippen LogP contribution in [0.25, 0.3) is 11.3 Å². The molecule has 6 nitrogen and oxygen atoms in total. The number of carbonyl (C=O) groups is 2. The van der Waals surface area contributed by atoms with E-state index in [-0.39, 0.29) is 18.2 Å². The number of halogens is 1. The molecule has 23 heavy (non-hydrogen) atoms. The van der Waals surface area contributed by atoms with E-state index in [1.807, 2.05) is 0 Å². The smallest absolute Gasteiger partial charge is 0.287 e. The zero-order valence-electron chi connectivity index (χ0n) is 12.6. The van der Waals surface area contributed by atoms with Crippen molar-refractivity contribution in [1.29, 1.82) is 0 Å². The highest BCUT2D eigenvalue weighted by atomic mass is 35.5. The molecule has 2 rings (SSSR count). The van der Waals surface area contributed by atoms with Crippen molar-refractivity contribution >= 4 is 23.4 Å². The van der Waals surface area contributed by atoms with E-state index in [1.165, 1.54) is 0 Å². The fourth-order valence-corrected chi connectivity index (χ4v) is 1.96. The van der Waals surface area contributed by atoms with E-state index in [0.717, 1.165) is 5.56 Å². The van der Waals surface area contributed by atoms with Crippen LogP contribution in [-0.2, 0) is 9.53 Å². The maximum Gasteiger partial charge on any atom is 0.287 e. The molecule has 2 amide bonds. The molecule has 2 aromatic rings. The first-order valence-electron chi connectivity index (χ1n) is 7.00. The molecule has 122 valence electrons. The fourth-order valence-electron chi connectivity index (χ4n) is 1.83. The topological polar surface area (TPSA) is 80.6 Å². The number of ether oxygens (including phenoxy) is 1. The van der Waals surface area contributed by atoms with Gasteiger partial charge >= 0.3 is 0 Å². The number of hydrogen-bond acceptors (Lipinski definition) is 4. The minimum atomic E-state index is -0.452. The average Bonchev–Trinajstić information content (AvgIpc) is 3.03. The minimum Gasteiger partial charge on any atom is -0.451 e. The number of benzene rings is 1. The third-order valence-corrected chi connectivity index (χ3v) is 3.25. The van der Waals surface area contributed by atoms with Crippen LogP contribution in [0.2, 0.25) is 5.02 Å². The van der Waals surface area contributed by atoms with Crippen molar-refractivity contribution in [2.24, 2.45) is 0 Å². The van der Waals surface area contributed by atoms with Crippen molar-refractivity contribution in [2.45, 2.75) is 0 Å². The summed E-state index contributed by atoms with van der Waals surface area (Å²) in [5.74, 6) is -0.0528. The maximum absolute atomic E-state index is 11.9. The van der Waals surface area contributed by atoms with Gasteiger partial charge in [-0.1, -0.05) is 11.6 Å². The predicted molar refractivity (Wildman–Crippen MR) is 86.4 cm³/mol. The molecule has 1 aromatic heterocycles. The molecule has 0 fully saturated rings. The highest BCUT2D eigenvalue weighted by Gasteiger charge is 2.13. The molecule has 0 saturated heterocycles. The van der Waals surface area contributed by atoms with Gasteiger partial charge < -0.3 is 19.8 Å². The number of methoxy groups -OCH3 is 1. The van der Waals surface area contributed by atoms with Gasteiger partial charge in [-0.15, -0.1) is 0 Å². The Morgan fingerprint density at radius 3 is 2.57 bits per heavy atom. The summed E-state index contributed by atoms with van der Waals surface area (Å²) in [5.41, 5.74) is 0.811. The Bertz CT molecular complexity index is 667. The largest absolute Gasteiger partial charge is 0.451 e. The molecule has 0 radical (unpaired) electrons. The molecule has 1 aromatic carbocycles. The Hall–Kier alpha value is -2.31. The molecule has 1 heterocycles. The van der Waals surface area contributed by atoms with Crippen LogP contribution in [0.1, 0.15) is 10.6 Å². The molecule has 7 heteroatoms. The second-order valence-corrected chi connectivity index (χ2v) is 5.13. The van der Waals surface area contributed by atoms with Gasteiger partial charge in [0.15, 0.2) is 5.76 Å². The van der Waals surface area contributed by atoms with Gasteiger partial charge in [-0.2, -0.15) is 0 Å². The third kappa shape index (κ3) is 5.12. The van der Waals surface area contributed by atoms with Crippen molar-refractivity contribution in [2.75, 3.05) is 26.8 Å². The van der Waals surface area contributed by atoms with Gasteiger partial charge in [0.2, 0.25) is 5.91 Å². The first-order chi connectivity index (χ1) is 11.1. The zero-order chi connectivity index (χ0) is 16.7. The van der Waals surface area contributed by atoms with Crippen LogP contribution in [-0.4, -0.2) is 38.6 Å². The van der Waals surface area contributed by atoms with Gasteiger partial charge in [-0.25, -0.2) is 0 Å². The molecular weight excluding hydrogens is 320 g/mol. The van der Waals surface area contributed by atoms with Gasteiger partial charge in [0.1, 0.15) is 5.76 Å². The summed E-state index contributed by atoms with van der Waals surface area (Å²) in [5, 5.41) is 5.72. The van der Waals surface area contributed by atoms with E-state index in [1.54, 1.807) is 43.5 Å². The van der Waals surface area contributed by atoms with E-state index in [0.29, 0.717) is 23.9 Å². The van der Waals surface area contributed by atoms with Crippen LogP contribution >= 0.6 is 11.6 Å². The van der Waals surface area contributed by atoms with Gasteiger partial charge in [0, 0.05) is 24.2 Å². The molecule has 2 N–H and O–H groups in total. The minimum absolute atomic E-state index is 0.125. The molecule has 0 atom stereocenters. The van der Waals surface area contributed by atoms with E-state index in [9.17, 15) is 9.59 Å². The molecule has 0 spiro atoms. The SMILES string of the molecule is COCCNC(=O)CNC(=O)c1ccc(-c2ccc(Cl)cc2)o1. The third-order valence-electron chi connectivity index (χ3n) is 3.00. The monoisotopic (exact) mass is 336 g/mol. The van der Waals surface area contributed by atoms with Crippen LogP contribution < -0.4 is 10.6 Å². The van der Waals surface area contributed by atoms with E-state index in [2.05, 4.69) is 10.6 Å². The zero-order valence-corrected chi connectivity index (χ0v) is 13.4. The van der Waals surface area contributed by atoms with Crippen LogP contribution in [0.4, 0.5) is 0 Å². The summed E-state index contributed by atoms with van der Waals surface area (Å²) in [6.45, 7) is 0.689. The van der Waals surface area contributed by atoms with Crippen LogP contribution in [0.5, 0.6) is 0 Å². The molecule has 0 aliphatic carbocycles. The quantitative estimate of drug-likeness (QED) is 0.759. The Balaban J connectivity index is 1.88. The lowest BCUT2D eigenvalue weighted by molar-refractivity contribution is -0.120. The van der Waals surface area contributed by atoms with Gasteiger partial charge in [-0.05, 0) is 36.4 Å². The van der Waals surface area contributed by atoms with Crippen molar-refractivity contribution in [3.63, 3.8) is 0 Å². The van der Waals surface area contributed by atoms with Crippen molar-refractivity contribution in [1.82, 2.24) is 10.6 Å². The van der Waals surface area contributed by atoms with Gasteiger partial charge in [-0.3, -0.25) is 9.59 Å². The van der Waals surface area contributed by atoms with Gasteiger partial charge in [0.25, 0.3) is 5.91 Å². The number of rotatable bonds is 7. The average molecular weight is 337 g/mol. The van der Waals surface area contributed by atoms with Crippen molar-refractivity contribution < 1.29 is 18.7 Å². The molecular formula is C16H17ClN2O4. The summed E-state index contributed by atoms with van der Waals surface area (Å²) < 4.78 is 10.3. The maximum atomic E-state index is 11.9. The summed E-state index contributed by atoms with van der Waals surface area (Å²) in [6.07, 6.45) is 0. The Labute approximate surface area is 138 Å². The summed E-state index contributed by atoms with van der Waals surface area (Å²) in [7, 11) is 1.54. The van der Waals surface area contributed by atoms with Gasteiger partial charge in [0.05, 0.1) is 13.2 Å². The number of furan rings is 1. The lowest BCUT2D eigenvalue weighted by Crippen LogP contribution is -2.38. The molecule has 0 saturated carbocycles. The highest BCUT2D eigenvalue weighted by molar-refractivity contribution is 6.30. The Morgan fingerprint density at radius 1 is 1.13 bits per heavy atom. The van der Waals surface area contributed by atoms with Crippen LogP contribution in [0, 0.1) is 0 Å². The Kier molecular flexibility index (Phi) is 6.19. The molecule has 0 bridgehead atoms. The van der Waals surface area contributed by atoms with Crippen LogP contribution in [0.3, 0.4) is 0 Å². The van der Waals surface area contributed by atoms with Crippen molar-refractivity contribution in [3.8, 4) is 11.3 Å². The first-order valence-corrected chi connectivity index (χ1v) is 7.37. The number of nitrogens with one attached hydrogen (secondary N) is 2. The number of amides is 2. The van der Waals surface area contributed by atoms with Crippen molar-refractivity contribution in [3.05, 3.63) is 47.2 Å². The van der Waals surface area contributed by atoms with E-state index >= 15 is 0 Å². The van der Waals surface area contributed by atoms with Crippen LogP contribution in [0.15, 0.2) is 40.8 Å². The lowest BCUT2D eigenvalue weighted by atomic mass is 10.2. The number of carbonyl (C=O) groups excluding carboxylic acids is 2. The summed E-state index contributed by atoms with van der Waals surface area (Å²) in [4.78, 5) is 23.4. The second kappa shape index (κ2) is 8.36. The molecule has 0 unspecified atom stereocenters. The second-order valence-electron chi connectivity index (χ2n) is 4.70. The molecule has 0 aliphatic heterocycles. The Morgan fingerprint density at radius 2 is 1.87 bits per heavy atom. The standard InChI is InChI=1S/C16H17ClN2O4/c1-22-9-8-18-15(20)10-19-16(21)14-7-6-13(23-14)11-2-4-12(17)5-3-11/h2-7H,8-10H2,1H3,(H,18,20)(H,19,21). The highest BCUT2D eigenvalue weighted by Crippen LogP contribution is 2.23. The number of hydrogen-bond donors (Lipinski definition) is 2. The first kappa shape index (κ1) is 17.1. The van der Waals surface area contributed by atoms with E-state index < -0.39 is 5.91 Å². The fraction of sp³-hybridized carbons (Fsp3) is 0.250. The van der Waals surface area contributed by atoms with E-state index in [4.69, 9.17) is 20.8 Å². The lowest BCUT2D eigenvalue weighted by Gasteiger charge is -2.05. The summed E-state index contributed by atoms with van der Waals surface area (Å²) >= 11 is 5.83.